The zero-order chi connectivity index (χ0) is 18.8. The summed E-state index contributed by atoms with van der Waals surface area (Å²) < 4.78 is 35.1. The molecule has 0 atom stereocenters. The Morgan fingerprint density at radius 3 is 1.44 bits per heavy atom. The number of rotatable bonds is 4. The monoisotopic (exact) mass is 402 g/mol. The lowest BCUT2D eigenvalue weighted by Crippen LogP contribution is -2.06. The van der Waals surface area contributed by atoms with Crippen LogP contribution in [-0.4, -0.2) is 20.4 Å². The Kier molecular flexibility index (Phi) is 5.72. The van der Waals surface area contributed by atoms with Gasteiger partial charge in [0.05, 0.1) is 19.8 Å². The van der Waals surface area contributed by atoms with Crippen LogP contribution in [0.25, 0.3) is 0 Å². The van der Waals surface area contributed by atoms with Gasteiger partial charge in [-0.25, -0.2) is 8.42 Å². The summed E-state index contributed by atoms with van der Waals surface area (Å²) in [6.45, 7) is 2.40. The van der Waals surface area contributed by atoms with Crippen LogP contribution in [0.2, 0.25) is 10.0 Å². The topological polar surface area (TPSA) is 86.7 Å². The van der Waals surface area contributed by atoms with E-state index in [0.717, 1.165) is 0 Å². The number of hydrogen-bond acceptors (Lipinski definition) is 6. The van der Waals surface area contributed by atoms with Crippen molar-refractivity contribution in [2.24, 2.45) is 0 Å². The minimum atomic E-state index is -3.92. The SMILES string of the molecule is CC(=O)Oc1ccc(S(=O)(=O)c2ccc(OC(C)=O)c(Cl)c2)cc1Cl. The third-order valence-corrected chi connectivity index (χ3v) is 5.27. The fourth-order valence-electron chi connectivity index (χ4n) is 1.91. The summed E-state index contributed by atoms with van der Waals surface area (Å²) in [5, 5.41) is -0.0576. The van der Waals surface area contributed by atoms with E-state index < -0.39 is 21.8 Å². The minimum absolute atomic E-state index is 0.0288. The van der Waals surface area contributed by atoms with Gasteiger partial charge in [0.15, 0.2) is 0 Å². The summed E-state index contributed by atoms with van der Waals surface area (Å²) in [5.41, 5.74) is 0. The Hall–Kier alpha value is -2.09. The second-order valence-corrected chi connectivity index (χ2v) is 7.64. The summed E-state index contributed by atoms with van der Waals surface area (Å²) in [4.78, 5) is 21.7. The van der Waals surface area contributed by atoms with Crippen LogP contribution in [0.15, 0.2) is 46.2 Å². The summed E-state index contributed by atoms with van der Waals surface area (Å²) in [6, 6.07) is 7.42. The number of halogens is 2. The van der Waals surface area contributed by atoms with E-state index in [4.69, 9.17) is 32.7 Å². The Morgan fingerprint density at radius 1 is 0.800 bits per heavy atom. The smallest absolute Gasteiger partial charge is 0.308 e. The number of carbonyl (C=O) groups is 2. The van der Waals surface area contributed by atoms with Crippen molar-refractivity contribution in [1.82, 2.24) is 0 Å². The molecule has 0 saturated heterocycles. The lowest BCUT2D eigenvalue weighted by Gasteiger charge is -2.10. The molecule has 0 spiro atoms. The van der Waals surface area contributed by atoms with Crippen LogP contribution in [0.1, 0.15) is 13.8 Å². The number of benzene rings is 2. The van der Waals surface area contributed by atoms with Gasteiger partial charge in [-0.1, -0.05) is 23.2 Å². The van der Waals surface area contributed by atoms with Gasteiger partial charge < -0.3 is 9.47 Å². The van der Waals surface area contributed by atoms with Crippen LogP contribution in [-0.2, 0) is 19.4 Å². The van der Waals surface area contributed by atoms with Crippen LogP contribution in [0.3, 0.4) is 0 Å². The number of ether oxygens (including phenoxy) is 2. The van der Waals surface area contributed by atoms with Crippen molar-refractivity contribution in [3.05, 3.63) is 46.4 Å². The number of carbonyl (C=O) groups excluding carboxylic acids is 2. The average Bonchev–Trinajstić information content (AvgIpc) is 2.50. The first kappa shape index (κ1) is 19.2. The molecule has 132 valence electrons. The molecular formula is C16H12Cl2O6S. The van der Waals surface area contributed by atoms with Gasteiger partial charge in [0.1, 0.15) is 11.5 Å². The molecule has 0 amide bonds. The Balaban J connectivity index is 2.42. The highest BCUT2D eigenvalue weighted by Gasteiger charge is 2.21. The van der Waals surface area contributed by atoms with Crippen LogP contribution >= 0.6 is 23.2 Å². The van der Waals surface area contributed by atoms with Gasteiger partial charge in [-0.3, -0.25) is 9.59 Å². The maximum atomic E-state index is 12.7. The van der Waals surface area contributed by atoms with Crippen molar-refractivity contribution >= 4 is 45.0 Å². The third-order valence-electron chi connectivity index (χ3n) is 2.93. The van der Waals surface area contributed by atoms with Crippen LogP contribution in [0, 0.1) is 0 Å². The molecule has 0 fully saturated rings. The quantitative estimate of drug-likeness (QED) is 0.572. The van der Waals surface area contributed by atoms with E-state index in [1.54, 1.807) is 0 Å². The number of sulfone groups is 1. The van der Waals surface area contributed by atoms with Crippen LogP contribution in [0.5, 0.6) is 11.5 Å². The molecular weight excluding hydrogens is 391 g/mol. The number of esters is 2. The molecule has 0 saturated carbocycles. The van der Waals surface area contributed by atoms with E-state index in [-0.39, 0.29) is 31.3 Å². The van der Waals surface area contributed by atoms with Crippen molar-refractivity contribution in [2.75, 3.05) is 0 Å². The molecule has 0 heterocycles. The molecule has 9 heteroatoms. The maximum Gasteiger partial charge on any atom is 0.308 e. The molecule has 0 N–H and O–H groups in total. The van der Waals surface area contributed by atoms with Crippen LogP contribution < -0.4 is 9.47 Å². The van der Waals surface area contributed by atoms with Gasteiger partial charge in [0, 0.05) is 13.8 Å². The zero-order valence-corrected chi connectivity index (χ0v) is 15.4. The van der Waals surface area contributed by atoms with Gasteiger partial charge >= 0.3 is 11.9 Å². The minimum Gasteiger partial charge on any atom is -0.425 e. The Morgan fingerprint density at radius 2 is 1.16 bits per heavy atom. The van der Waals surface area contributed by atoms with Gasteiger partial charge in [-0.05, 0) is 36.4 Å². The van der Waals surface area contributed by atoms with Crippen molar-refractivity contribution < 1.29 is 27.5 Å². The summed E-state index contributed by atoms with van der Waals surface area (Å²) in [6.07, 6.45) is 0. The fraction of sp³-hybridized carbons (Fsp3) is 0.125. The van der Waals surface area contributed by atoms with E-state index in [2.05, 4.69) is 0 Å². The van der Waals surface area contributed by atoms with Crippen LogP contribution in [0.4, 0.5) is 0 Å². The summed E-state index contributed by atoms with van der Waals surface area (Å²) in [5.74, 6) is -1.05. The highest BCUT2D eigenvalue weighted by atomic mass is 35.5. The first-order chi connectivity index (χ1) is 11.6. The standard InChI is InChI=1S/C16H12Cl2O6S/c1-9(19)23-15-5-3-11(7-13(15)17)25(21,22)12-4-6-16(14(18)8-12)24-10(2)20/h3-8H,1-2H3. The summed E-state index contributed by atoms with van der Waals surface area (Å²) >= 11 is 11.9. The second kappa shape index (κ2) is 7.43. The van der Waals surface area contributed by atoms with Gasteiger partial charge in [0.25, 0.3) is 0 Å². The Labute approximate surface area is 154 Å². The lowest BCUT2D eigenvalue weighted by atomic mass is 10.3. The molecule has 0 aliphatic heterocycles. The first-order valence-electron chi connectivity index (χ1n) is 6.82. The number of hydrogen-bond donors (Lipinski definition) is 0. The van der Waals surface area contributed by atoms with Crippen molar-refractivity contribution in [1.29, 1.82) is 0 Å². The van der Waals surface area contributed by atoms with E-state index in [0.29, 0.717) is 0 Å². The van der Waals surface area contributed by atoms with E-state index in [9.17, 15) is 18.0 Å². The molecule has 0 aromatic heterocycles. The molecule has 6 nitrogen and oxygen atoms in total. The molecule has 0 unspecified atom stereocenters. The molecule has 0 bridgehead atoms. The predicted molar refractivity (Wildman–Crippen MR) is 91.0 cm³/mol. The predicted octanol–water partition coefficient (Wildman–Crippen LogP) is 3.68. The highest BCUT2D eigenvalue weighted by molar-refractivity contribution is 7.91. The fourth-order valence-corrected chi connectivity index (χ4v) is 3.79. The van der Waals surface area contributed by atoms with Crippen molar-refractivity contribution in [2.45, 2.75) is 23.6 Å². The normalized spacial score (nSPS) is 11.0. The zero-order valence-electron chi connectivity index (χ0n) is 13.1. The van der Waals surface area contributed by atoms with Gasteiger partial charge in [0.2, 0.25) is 9.84 Å². The molecule has 2 aromatic rings. The molecule has 2 rings (SSSR count). The van der Waals surface area contributed by atoms with E-state index >= 15 is 0 Å². The Bertz CT molecular complexity index is 882. The van der Waals surface area contributed by atoms with Crippen molar-refractivity contribution in [3.8, 4) is 11.5 Å². The van der Waals surface area contributed by atoms with Gasteiger partial charge in [-0.2, -0.15) is 0 Å². The molecule has 0 aliphatic rings. The maximum absolute atomic E-state index is 12.7. The van der Waals surface area contributed by atoms with Gasteiger partial charge in [-0.15, -0.1) is 0 Å². The molecule has 0 aliphatic carbocycles. The van der Waals surface area contributed by atoms with E-state index in [1.807, 2.05) is 0 Å². The molecule has 2 aromatic carbocycles. The van der Waals surface area contributed by atoms with Crippen molar-refractivity contribution in [3.63, 3.8) is 0 Å². The largest absolute Gasteiger partial charge is 0.425 e. The molecule has 25 heavy (non-hydrogen) atoms. The lowest BCUT2D eigenvalue weighted by molar-refractivity contribution is -0.132. The third kappa shape index (κ3) is 4.50. The molecule has 0 radical (unpaired) electrons. The first-order valence-corrected chi connectivity index (χ1v) is 9.06. The summed E-state index contributed by atoms with van der Waals surface area (Å²) in [7, 11) is -3.92. The highest BCUT2D eigenvalue weighted by Crippen LogP contribution is 2.33. The van der Waals surface area contributed by atoms with E-state index in [1.165, 1.54) is 50.2 Å². The second-order valence-electron chi connectivity index (χ2n) is 4.88. The average molecular weight is 403 g/mol.